The predicted octanol–water partition coefficient (Wildman–Crippen LogP) is 4.87. The molecule has 0 bridgehead atoms. The molecule has 0 radical (unpaired) electrons. The molecule has 4 nitrogen and oxygen atoms in total. The summed E-state index contributed by atoms with van der Waals surface area (Å²) in [5, 5.41) is 11.1. The molecular formula is C22H15NO3S2. The topological polar surface area (TPSA) is 57.6 Å². The van der Waals surface area contributed by atoms with Crippen LogP contribution >= 0.6 is 24.0 Å². The minimum absolute atomic E-state index is 0.0559. The quantitative estimate of drug-likeness (QED) is 0.496. The molecule has 1 N–H and O–H groups in total. The van der Waals surface area contributed by atoms with Gasteiger partial charge in [-0.25, -0.2) is 0 Å². The Morgan fingerprint density at radius 1 is 1.04 bits per heavy atom. The number of carboxylic acids is 1. The van der Waals surface area contributed by atoms with E-state index < -0.39 is 5.97 Å². The number of amides is 1. The summed E-state index contributed by atoms with van der Waals surface area (Å²) in [7, 11) is 0. The maximum absolute atomic E-state index is 13.0. The Bertz CT molecular complexity index is 1130. The van der Waals surface area contributed by atoms with Crippen LogP contribution in [0, 0.1) is 0 Å². The fourth-order valence-corrected chi connectivity index (χ4v) is 4.44. The Kier molecular flexibility index (Phi) is 4.98. The second-order valence-electron chi connectivity index (χ2n) is 6.32. The molecular weight excluding hydrogens is 390 g/mol. The molecule has 1 amide bonds. The lowest BCUT2D eigenvalue weighted by Crippen LogP contribution is -2.27. The molecule has 6 heteroatoms. The molecule has 3 aromatic carbocycles. The van der Waals surface area contributed by atoms with Crippen LogP contribution in [0.25, 0.3) is 16.8 Å². The van der Waals surface area contributed by atoms with E-state index >= 15 is 0 Å². The number of fused-ring (bicyclic) bond motifs is 1. The zero-order valence-corrected chi connectivity index (χ0v) is 16.3. The Hall–Kier alpha value is -2.96. The lowest BCUT2D eigenvalue weighted by molar-refractivity contribution is -0.136. The number of hydrogen-bond acceptors (Lipinski definition) is 4. The van der Waals surface area contributed by atoms with Crippen LogP contribution in [0.4, 0.5) is 5.69 Å². The van der Waals surface area contributed by atoms with E-state index in [1.165, 1.54) is 16.7 Å². The van der Waals surface area contributed by atoms with Crippen molar-refractivity contribution in [2.75, 3.05) is 4.90 Å². The molecule has 1 saturated heterocycles. The molecule has 0 aromatic heterocycles. The van der Waals surface area contributed by atoms with Gasteiger partial charge >= 0.3 is 5.97 Å². The SMILES string of the molecule is O=C(O)Cc1ccc(N2C(=O)/C(=C/c3cccc4ccccc34)SC2=S)cc1. The van der Waals surface area contributed by atoms with Crippen LogP contribution in [0.15, 0.2) is 71.6 Å². The van der Waals surface area contributed by atoms with Crippen LogP contribution in [0.3, 0.4) is 0 Å². The lowest BCUT2D eigenvalue weighted by atomic mass is 10.0. The van der Waals surface area contributed by atoms with Gasteiger partial charge in [0.05, 0.1) is 17.0 Å². The summed E-state index contributed by atoms with van der Waals surface area (Å²) in [6, 6.07) is 20.9. The van der Waals surface area contributed by atoms with E-state index in [-0.39, 0.29) is 12.3 Å². The van der Waals surface area contributed by atoms with E-state index in [1.54, 1.807) is 24.3 Å². The number of thioether (sulfide) groups is 1. The average molecular weight is 406 g/mol. The number of carbonyl (C=O) groups excluding carboxylic acids is 1. The molecule has 1 heterocycles. The summed E-state index contributed by atoms with van der Waals surface area (Å²) in [5.74, 6) is -1.06. The number of nitrogens with zero attached hydrogens (tertiary/aromatic N) is 1. The maximum Gasteiger partial charge on any atom is 0.307 e. The fraction of sp³-hybridized carbons (Fsp3) is 0.0455. The summed E-state index contributed by atoms with van der Waals surface area (Å²) in [6.45, 7) is 0. The lowest BCUT2D eigenvalue weighted by Gasteiger charge is -2.14. The van der Waals surface area contributed by atoms with Crippen molar-refractivity contribution in [3.8, 4) is 0 Å². The first-order chi connectivity index (χ1) is 13.5. The minimum Gasteiger partial charge on any atom is -0.481 e. The van der Waals surface area contributed by atoms with E-state index in [1.807, 2.05) is 48.5 Å². The molecule has 0 unspecified atom stereocenters. The number of anilines is 1. The van der Waals surface area contributed by atoms with Crippen LogP contribution in [0.1, 0.15) is 11.1 Å². The van der Waals surface area contributed by atoms with Crippen LogP contribution in [-0.2, 0) is 16.0 Å². The predicted molar refractivity (Wildman–Crippen MR) is 117 cm³/mol. The zero-order valence-electron chi connectivity index (χ0n) is 14.7. The van der Waals surface area contributed by atoms with Crippen LogP contribution in [-0.4, -0.2) is 21.3 Å². The second-order valence-corrected chi connectivity index (χ2v) is 8.00. The summed E-state index contributed by atoms with van der Waals surface area (Å²) in [6.07, 6.45) is 1.82. The number of aliphatic carboxylic acids is 1. The van der Waals surface area contributed by atoms with Crippen molar-refractivity contribution < 1.29 is 14.7 Å². The van der Waals surface area contributed by atoms with Crippen molar-refractivity contribution >= 4 is 62.7 Å². The van der Waals surface area contributed by atoms with Gasteiger partial charge in [0.15, 0.2) is 4.32 Å². The monoisotopic (exact) mass is 405 g/mol. The normalized spacial score (nSPS) is 15.6. The Labute approximate surface area is 171 Å². The highest BCUT2D eigenvalue weighted by Crippen LogP contribution is 2.36. The second kappa shape index (κ2) is 7.58. The molecule has 0 aliphatic carbocycles. The third kappa shape index (κ3) is 3.56. The molecule has 1 fully saturated rings. The standard InChI is InChI=1S/C22H15NO3S2/c24-20(25)12-14-8-10-17(11-9-14)23-21(26)19(28-22(23)27)13-16-6-3-5-15-4-1-2-7-18(15)16/h1-11,13H,12H2,(H,24,25)/b19-13-. The molecule has 1 aliphatic heterocycles. The summed E-state index contributed by atoms with van der Waals surface area (Å²) >= 11 is 6.69. The molecule has 28 heavy (non-hydrogen) atoms. The minimum atomic E-state index is -0.892. The third-order valence-corrected chi connectivity index (χ3v) is 5.76. The van der Waals surface area contributed by atoms with E-state index in [4.69, 9.17) is 17.3 Å². The largest absolute Gasteiger partial charge is 0.481 e. The highest BCUT2D eigenvalue weighted by Gasteiger charge is 2.33. The van der Waals surface area contributed by atoms with Crippen molar-refractivity contribution in [1.82, 2.24) is 0 Å². The molecule has 1 aliphatic rings. The van der Waals surface area contributed by atoms with E-state index in [9.17, 15) is 9.59 Å². The number of carboxylic acid groups (broad SMARTS) is 1. The van der Waals surface area contributed by atoms with Gasteiger partial charge in [0, 0.05) is 0 Å². The molecule has 0 saturated carbocycles. The van der Waals surface area contributed by atoms with Gasteiger partial charge in [0.1, 0.15) is 0 Å². The molecule has 0 spiro atoms. The van der Waals surface area contributed by atoms with Gasteiger partial charge in [-0.05, 0) is 40.1 Å². The van der Waals surface area contributed by atoms with Gasteiger partial charge in [0.2, 0.25) is 0 Å². The van der Waals surface area contributed by atoms with Gasteiger partial charge in [-0.15, -0.1) is 0 Å². The third-order valence-electron chi connectivity index (χ3n) is 4.45. The molecule has 0 atom stereocenters. The number of benzene rings is 3. The van der Waals surface area contributed by atoms with Gasteiger partial charge < -0.3 is 5.11 Å². The van der Waals surface area contributed by atoms with Gasteiger partial charge in [-0.1, -0.05) is 78.6 Å². The van der Waals surface area contributed by atoms with Crippen molar-refractivity contribution in [3.63, 3.8) is 0 Å². The average Bonchev–Trinajstić information content (AvgIpc) is 2.96. The smallest absolute Gasteiger partial charge is 0.307 e. The first-order valence-corrected chi connectivity index (χ1v) is 9.82. The number of hydrogen-bond donors (Lipinski definition) is 1. The molecule has 3 aromatic rings. The van der Waals surface area contributed by atoms with E-state index in [2.05, 4.69) is 0 Å². The van der Waals surface area contributed by atoms with Crippen molar-refractivity contribution in [1.29, 1.82) is 0 Å². The summed E-state index contributed by atoms with van der Waals surface area (Å²) in [5.41, 5.74) is 2.28. The van der Waals surface area contributed by atoms with Crippen LogP contribution in [0.2, 0.25) is 0 Å². The fourth-order valence-electron chi connectivity index (χ4n) is 3.15. The van der Waals surface area contributed by atoms with Gasteiger partial charge in [-0.2, -0.15) is 0 Å². The first-order valence-electron chi connectivity index (χ1n) is 8.59. The number of thiocarbonyl (C=S) groups is 1. The Morgan fingerprint density at radius 2 is 1.75 bits per heavy atom. The van der Waals surface area contributed by atoms with Crippen LogP contribution < -0.4 is 4.90 Å². The highest BCUT2D eigenvalue weighted by atomic mass is 32.2. The van der Waals surface area contributed by atoms with Gasteiger partial charge in [0.25, 0.3) is 5.91 Å². The molecule has 4 rings (SSSR count). The van der Waals surface area contributed by atoms with Crippen LogP contribution in [0.5, 0.6) is 0 Å². The van der Waals surface area contributed by atoms with Crippen molar-refractivity contribution in [3.05, 3.63) is 82.8 Å². The van der Waals surface area contributed by atoms with Crippen molar-refractivity contribution in [2.24, 2.45) is 0 Å². The maximum atomic E-state index is 13.0. The Morgan fingerprint density at radius 3 is 2.50 bits per heavy atom. The van der Waals surface area contributed by atoms with Crippen molar-refractivity contribution in [2.45, 2.75) is 6.42 Å². The highest BCUT2D eigenvalue weighted by molar-refractivity contribution is 8.27. The van der Waals surface area contributed by atoms with E-state index in [0.717, 1.165) is 16.3 Å². The molecule has 138 valence electrons. The number of carbonyl (C=O) groups is 2. The van der Waals surface area contributed by atoms with E-state index in [0.29, 0.717) is 20.5 Å². The zero-order chi connectivity index (χ0) is 19.7. The summed E-state index contributed by atoms with van der Waals surface area (Å²) in [4.78, 5) is 25.9. The van der Waals surface area contributed by atoms with Gasteiger partial charge in [-0.3, -0.25) is 14.5 Å². The first kappa shape index (κ1) is 18.4. The summed E-state index contributed by atoms with van der Waals surface area (Å²) < 4.78 is 0.461. The Balaban J connectivity index is 1.65. The number of rotatable bonds is 4.